The van der Waals surface area contributed by atoms with Gasteiger partial charge < -0.3 is 0 Å². The summed E-state index contributed by atoms with van der Waals surface area (Å²) in [7, 11) is -8.63. The van der Waals surface area contributed by atoms with Gasteiger partial charge in [0.25, 0.3) is 20.0 Å². The fraction of sp³-hybridized carbons (Fsp3) is 0.300. The molecule has 0 radical (unpaired) electrons. The molecule has 4 amide bonds. The van der Waals surface area contributed by atoms with Crippen LogP contribution in [0.15, 0.2) is 119 Å². The topological polar surface area (TPSA) is 115 Å². The molecule has 10 nitrogen and oxygen atoms in total. The fourth-order valence-corrected chi connectivity index (χ4v) is 9.23. The summed E-state index contributed by atoms with van der Waals surface area (Å²) >= 11 is 0. The molecule has 0 saturated carbocycles. The summed E-state index contributed by atoms with van der Waals surface area (Å²) in [6, 6.07) is 24.6. The Morgan fingerprint density at radius 2 is 1.02 bits per heavy atom. The zero-order chi connectivity index (χ0) is 37.5. The van der Waals surface area contributed by atoms with E-state index in [0.717, 1.165) is 30.9 Å². The number of carbonyl (C=O) groups excluding carboxylic acids is 2. The van der Waals surface area contributed by atoms with E-state index < -0.39 is 38.2 Å². The van der Waals surface area contributed by atoms with Crippen molar-refractivity contribution < 1.29 is 26.4 Å². The molecule has 2 aliphatic rings. The van der Waals surface area contributed by atoms with Crippen LogP contribution in [-0.4, -0.2) is 56.6 Å². The van der Waals surface area contributed by atoms with E-state index >= 15 is 0 Å². The Morgan fingerprint density at radius 3 is 1.48 bits per heavy atom. The second kappa shape index (κ2) is 14.2. The molecule has 4 aromatic carbocycles. The van der Waals surface area contributed by atoms with Crippen LogP contribution in [0.5, 0.6) is 0 Å². The average Bonchev–Trinajstić information content (AvgIpc) is 3.36. The van der Waals surface area contributed by atoms with Gasteiger partial charge in [-0.2, -0.15) is 0 Å². The molecule has 0 spiro atoms. The van der Waals surface area contributed by atoms with Gasteiger partial charge in [-0.3, -0.25) is 9.80 Å². The van der Waals surface area contributed by atoms with E-state index in [1.807, 2.05) is 52.0 Å². The van der Waals surface area contributed by atoms with Crippen molar-refractivity contribution in [2.45, 2.75) is 75.6 Å². The second-order valence-corrected chi connectivity index (χ2v) is 17.7. The number of urea groups is 2. The maximum atomic E-state index is 14.8. The minimum atomic E-state index is -4.33. The Morgan fingerprint density at radius 1 is 0.577 bits per heavy atom. The first-order chi connectivity index (χ1) is 24.6. The summed E-state index contributed by atoms with van der Waals surface area (Å²) in [6.07, 6.45) is 1.87. The van der Waals surface area contributed by atoms with Gasteiger partial charge >= 0.3 is 12.1 Å². The molecule has 2 aliphatic heterocycles. The molecule has 272 valence electrons. The van der Waals surface area contributed by atoms with Crippen molar-refractivity contribution >= 4 is 43.5 Å². The van der Waals surface area contributed by atoms with Crippen LogP contribution in [0.1, 0.15) is 68.2 Å². The third-order valence-corrected chi connectivity index (χ3v) is 13.2. The van der Waals surface area contributed by atoms with Crippen LogP contribution < -0.4 is 9.80 Å². The number of sulfonamides is 2. The first-order valence-corrected chi connectivity index (χ1v) is 20.3. The molecule has 4 aromatic rings. The van der Waals surface area contributed by atoms with Gasteiger partial charge in [-0.1, -0.05) is 93.4 Å². The van der Waals surface area contributed by atoms with Crippen LogP contribution in [0.25, 0.3) is 0 Å². The molecule has 12 heteroatoms. The van der Waals surface area contributed by atoms with Gasteiger partial charge in [-0.05, 0) is 91.8 Å². The Balaban J connectivity index is 1.50. The quantitative estimate of drug-likeness (QED) is 0.171. The predicted molar refractivity (Wildman–Crippen MR) is 203 cm³/mol. The predicted octanol–water partition coefficient (Wildman–Crippen LogP) is 8.15. The number of anilines is 2. The highest BCUT2D eigenvalue weighted by molar-refractivity contribution is 7.90. The van der Waals surface area contributed by atoms with Gasteiger partial charge in [0.1, 0.15) is 0 Å². The molecule has 1 saturated heterocycles. The van der Waals surface area contributed by atoms with E-state index in [1.54, 1.807) is 54.6 Å². The van der Waals surface area contributed by atoms with E-state index in [0.29, 0.717) is 17.1 Å². The van der Waals surface area contributed by atoms with Crippen molar-refractivity contribution in [3.8, 4) is 0 Å². The van der Waals surface area contributed by atoms with Crippen LogP contribution in [0, 0.1) is 13.8 Å². The molecule has 52 heavy (non-hydrogen) atoms. The fourth-order valence-electron chi connectivity index (χ4n) is 6.50. The molecular formula is C40H44N4O6S2. The van der Waals surface area contributed by atoms with Crippen molar-refractivity contribution in [1.29, 1.82) is 0 Å². The number of hydrogen-bond acceptors (Lipinski definition) is 6. The normalized spacial score (nSPS) is 17.3. The third-order valence-electron chi connectivity index (χ3n) is 9.63. The van der Waals surface area contributed by atoms with Crippen molar-refractivity contribution in [2.24, 2.45) is 0 Å². The number of amides is 4. The molecule has 0 bridgehead atoms. The summed E-state index contributed by atoms with van der Waals surface area (Å²) in [5.41, 5.74) is 4.90. The largest absolute Gasteiger partial charge is 0.342 e. The van der Waals surface area contributed by atoms with Gasteiger partial charge in [-0.25, -0.2) is 35.0 Å². The first-order valence-electron chi connectivity index (χ1n) is 17.4. The Hall–Kier alpha value is -4.94. The van der Waals surface area contributed by atoms with E-state index in [2.05, 4.69) is 13.8 Å². The summed E-state index contributed by atoms with van der Waals surface area (Å²) in [5.74, 6) is 0.407. The van der Waals surface area contributed by atoms with Crippen molar-refractivity contribution in [3.63, 3.8) is 0 Å². The Bertz CT molecular complexity index is 2220. The zero-order valence-corrected chi connectivity index (χ0v) is 31.9. The van der Waals surface area contributed by atoms with Crippen LogP contribution in [0.4, 0.5) is 21.0 Å². The second-order valence-electron chi connectivity index (χ2n) is 13.9. The molecule has 1 fully saturated rings. The Labute approximate surface area is 307 Å². The highest BCUT2D eigenvalue weighted by atomic mass is 32.2. The van der Waals surface area contributed by atoms with E-state index in [1.165, 1.54) is 34.1 Å². The average molecular weight is 741 g/mol. The van der Waals surface area contributed by atoms with E-state index in [9.17, 15) is 26.4 Å². The number of rotatable bonds is 9. The Kier molecular flexibility index (Phi) is 10.1. The van der Waals surface area contributed by atoms with Crippen molar-refractivity contribution in [1.82, 2.24) is 8.61 Å². The number of benzene rings is 4. The molecule has 0 N–H and O–H groups in total. The molecular weight excluding hydrogens is 697 g/mol. The zero-order valence-electron chi connectivity index (χ0n) is 30.2. The van der Waals surface area contributed by atoms with Crippen LogP contribution in [-0.2, 0) is 20.0 Å². The van der Waals surface area contributed by atoms with Crippen LogP contribution in [0.2, 0.25) is 0 Å². The number of hydrogen-bond donors (Lipinski definition) is 0. The molecule has 1 unspecified atom stereocenters. The highest BCUT2D eigenvalue weighted by Crippen LogP contribution is 2.38. The number of carbonyl (C=O) groups is 2. The van der Waals surface area contributed by atoms with Gasteiger partial charge in [-0.15, -0.1) is 0 Å². The van der Waals surface area contributed by atoms with Gasteiger partial charge in [0.2, 0.25) is 0 Å². The summed E-state index contributed by atoms with van der Waals surface area (Å²) in [4.78, 5) is 31.9. The maximum Gasteiger partial charge on any atom is 0.342 e. The van der Waals surface area contributed by atoms with Crippen molar-refractivity contribution in [2.75, 3.05) is 22.9 Å². The third kappa shape index (κ3) is 6.84. The lowest BCUT2D eigenvalue weighted by Gasteiger charge is -2.34. The monoisotopic (exact) mass is 740 g/mol. The van der Waals surface area contributed by atoms with Gasteiger partial charge in [0.15, 0.2) is 0 Å². The van der Waals surface area contributed by atoms with Crippen LogP contribution >= 0.6 is 0 Å². The standard InChI is InChI=1S/C40H44N4O6S2/c1-27(2)31-13-17-33(18-14-31)43-37(8-7-25-41(39(43)45)51(47,48)35-21-9-29(5)10-22-35)38-26-42(52(49,50)36-23-11-30(6)12-24-36)40(46)44(38)34-19-15-32(16-20-34)28(3)4/h8-24,27-28,38H,7,25-26H2,1-6H3. The smallest absolute Gasteiger partial charge is 0.283 e. The summed E-state index contributed by atoms with van der Waals surface area (Å²) in [6.45, 7) is 11.4. The SMILES string of the molecule is Cc1ccc(S(=O)(=O)N2CCC=C(C3CN(S(=O)(=O)c4ccc(C)cc4)C(=O)N3c3ccc(C(C)C)cc3)N(c3ccc(C(C)C)cc3)C2=O)cc1. The molecule has 0 aliphatic carbocycles. The highest BCUT2D eigenvalue weighted by Gasteiger charge is 2.49. The summed E-state index contributed by atoms with van der Waals surface area (Å²) in [5, 5.41) is 0. The lowest BCUT2D eigenvalue weighted by Crippen LogP contribution is -2.49. The van der Waals surface area contributed by atoms with Gasteiger partial charge in [0, 0.05) is 17.9 Å². The van der Waals surface area contributed by atoms with Crippen molar-refractivity contribution in [3.05, 3.63) is 131 Å². The maximum absolute atomic E-state index is 14.8. The minimum Gasteiger partial charge on any atom is -0.283 e. The lowest BCUT2D eigenvalue weighted by atomic mass is 10.0. The van der Waals surface area contributed by atoms with E-state index in [4.69, 9.17) is 0 Å². The lowest BCUT2D eigenvalue weighted by molar-refractivity contribution is 0.231. The number of nitrogens with zero attached hydrogens (tertiary/aromatic N) is 4. The molecule has 6 rings (SSSR count). The number of aryl methyl sites for hydroxylation is 2. The summed E-state index contributed by atoms with van der Waals surface area (Å²) < 4.78 is 58.2. The van der Waals surface area contributed by atoms with Gasteiger partial charge in [0.05, 0.1) is 28.1 Å². The first kappa shape index (κ1) is 36.8. The minimum absolute atomic E-state index is 0.0247. The molecule has 1 atom stereocenters. The molecule has 2 heterocycles. The molecule has 0 aromatic heterocycles. The van der Waals surface area contributed by atoms with E-state index in [-0.39, 0.29) is 41.1 Å². The van der Waals surface area contributed by atoms with Crippen LogP contribution in [0.3, 0.4) is 0 Å².